The van der Waals surface area contributed by atoms with Gasteiger partial charge in [0.2, 0.25) is 0 Å². The van der Waals surface area contributed by atoms with Crippen molar-refractivity contribution in [2.24, 2.45) is 0 Å². The summed E-state index contributed by atoms with van der Waals surface area (Å²) >= 11 is 0. The van der Waals surface area contributed by atoms with Crippen molar-refractivity contribution < 1.29 is 19.4 Å². The standard InChI is InChI=1S/C16H23NO4.Na/c1-16(2,3)21-15(19)17-9-13(18)14(10-17)20-11-12-7-5-4-6-8-12;/h4-8,13-14,18H,9-11H2,1-3H3;. The van der Waals surface area contributed by atoms with Gasteiger partial charge in [-0.2, -0.15) is 0 Å². The van der Waals surface area contributed by atoms with Crippen LogP contribution in [0.15, 0.2) is 30.3 Å². The number of rotatable bonds is 3. The molecule has 1 saturated heterocycles. The quantitative estimate of drug-likeness (QED) is 0.864. The molecule has 0 bridgehead atoms. The molecule has 1 fully saturated rings. The van der Waals surface area contributed by atoms with Gasteiger partial charge in [0, 0.05) is 29.6 Å². The first-order valence-electron chi connectivity index (χ1n) is 7.17. The maximum atomic E-state index is 12.0. The van der Waals surface area contributed by atoms with E-state index in [4.69, 9.17) is 9.47 Å². The molecule has 1 N–H and O–H groups in total. The number of aliphatic hydroxyl groups excluding tert-OH is 1. The number of β-amino-alcohol motifs (C(OH)–C–C–N with tert-alkyl or cyclic N) is 1. The molecule has 117 valence electrons. The van der Waals surface area contributed by atoms with E-state index in [0.717, 1.165) is 5.56 Å². The average Bonchev–Trinajstić information content (AvgIpc) is 2.77. The topological polar surface area (TPSA) is 59.0 Å². The summed E-state index contributed by atoms with van der Waals surface area (Å²) in [6.45, 7) is 6.48. The van der Waals surface area contributed by atoms with Crippen LogP contribution >= 0.6 is 0 Å². The minimum atomic E-state index is -0.679. The molecule has 2 rings (SSSR count). The minimum Gasteiger partial charge on any atom is -0.444 e. The molecule has 6 heteroatoms. The zero-order valence-electron chi connectivity index (χ0n) is 13.8. The molecule has 1 radical (unpaired) electrons. The number of hydrogen-bond acceptors (Lipinski definition) is 4. The largest absolute Gasteiger partial charge is 0.444 e. The molecule has 0 aromatic heterocycles. The molecule has 1 aliphatic heterocycles. The molecule has 2 unspecified atom stereocenters. The first-order chi connectivity index (χ1) is 9.85. The van der Waals surface area contributed by atoms with Crippen LogP contribution in [-0.2, 0) is 16.1 Å². The molecule has 1 aromatic rings. The second-order valence-electron chi connectivity index (χ2n) is 6.29. The van der Waals surface area contributed by atoms with Crippen molar-refractivity contribution in [3.05, 3.63) is 35.9 Å². The van der Waals surface area contributed by atoms with Crippen LogP contribution in [0.1, 0.15) is 26.3 Å². The maximum Gasteiger partial charge on any atom is 0.410 e. The van der Waals surface area contributed by atoms with E-state index in [1.807, 2.05) is 51.1 Å². The molecule has 5 nitrogen and oxygen atoms in total. The second-order valence-corrected chi connectivity index (χ2v) is 6.29. The van der Waals surface area contributed by atoms with Gasteiger partial charge in [0.05, 0.1) is 25.8 Å². The van der Waals surface area contributed by atoms with E-state index in [9.17, 15) is 9.90 Å². The fraction of sp³-hybridized carbons (Fsp3) is 0.562. The fourth-order valence-corrected chi connectivity index (χ4v) is 2.17. The zero-order chi connectivity index (χ0) is 15.5. The number of carbonyl (C=O) groups is 1. The van der Waals surface area contributed by atoms with Crippen molar-refractivity contribution in [1.82, 2.24) is 4.90 Å². The normalized spacial score (nSPS) is 21.4. The number of hydrogen-bond donors (Lipinski definition) is 1. The van der Waals surface area contributed by atoms with Gasteiger partial charge in [0.25, 0.3) is 0 Å². The smallest absolute Gasteiger partial charge is 0.410 e. The van der Waals surface area contributed by atoms with Crippen LogP contribution in [0.5, 0.6) is 0 Å². The third-order valence-corrected chi connectivity index (χ3v) is 3.20. The van der Waals surface area contributed by atoms with Crippen LogP contribution in [0.2, 0.25) is 0 Å². The van der Waals surface area contributed by atoms with Gasteiger partial charge in [0.1, 0.15) is 11.7 Å². The van der Waals surface area contributed by atoms with Gasteiger partial charge in [0.15, 0.2) is 0 Å². The Morgan fingerprint density at radius 1 is 1.27 bits per heavy atom. The molecule has 2 atom stereocenters. The Morgan fingerprint density at radius 3 is 2.50 bits per heavy atom. The zero-order valence-corrected chi connectivity index (χ0v) is 15.8. The van der Waals surface area contributed by atoms with Gasteiger partial charge in [-0.15, -0.1) is 0 Å². The molecule has 1 aromatic carbocycles. The van der Waals surface area contributed by atoms with E-state index in [1.54, 1.807) is 0 Å². The van der Waals surface area contributed by atoms with Crippen LogP contribution < -0.4 is 0 Å². The summed E-state index contributed by atoms with van der Waals surface area (Å²) in [4.78, 5) is 13.5. The molecule has 0 spiro atoms. The molecule has 22 heavy (non-hydrogen) atoms. The number of ether oxygens (including phenoxy) is 2. The summed E-state index contributed by atoms with van der Waals surface area (Å²) in [7, 11) is 0. The first-order valence-corrected chi connectivity index (χ1v) is 7.17. The number of carbonyl (C=O) groups excluding carboxylic acids is 1. The van der Waals surface area contributed by atoms with Crippen LogP contribution in [-0.4, -0.2) is 76.6 Å². The maximum absolute atomic E-state index is 12.0. The number of amides is 1. The number of likely N-dealkylation sites (tertiary alicyclic amines) is 1. The summed E-state index contributed by atoms with van der Waals surface area (Å²) in [6.07, 6.45) is -1.47. The van der Waals surface area contributed by atoms with Gasteiger partial charge in [-0.1, -0.05) is 30.3 Å². The molecule has 1 amide bonds. The molecule has 1 heterocycles. The number of nitrogens with zero attached hydrogens (tertiary/aromatic N) is 1. The predicted octanol–water partition coefficient (Wildman–Crippen LogP) is 1.80. The summed E-state index contributed by atoms with van der Waals surface area (Å²) in [5, 5.41) is 10.0. The summed E-state index contributed by atoms with van der Waals surface area (Å²) < 4.78 is 11.0. The second kappa shape index (κ2) is 8.31. The molecule has 0 saturated carbocycles. The molecular formula is C16H23NNaO4. The van der Waals surface area contributed by atoms with Crippen LogP contribution in [0.3, 0.4) is 0 Å². The SMILES string of the molecule is CC(C)(C)OC(=O)N1CC(O)C(OCc2ccccc2)C1.[Na]. The molecule has 0 aliphatic carbocycles. The molecular weight excluding hydrogens is 293 g/mol. The van der Waals surface area contributed by atoms with E-state index < -0.39 is 17.8 Å². The van der Waals surface area contributed by atoms with E-state index in [2.05, 4.69) is 0 Å². The van der Waals surface area contributed by atoms with Crippen molar-refractivity contribution in [2.75, 3.05) is 13.1 Å². The number of benzene rings is 1. The third-order valence-electron chi connectivity index (χ3n) is 3.20. The monoisotopic (exact) mass is 316 g/mol. The van der Waals surface area contributed by atoms with Crippen LogP contribution in [0.25, 0.3) is 0 Å². The van der Waals surface area contributed by atoms with Crippen molar-refractivity contribution in [1.29, 1.82) is 0 Å². The van der Waals surface area contributed by atoms with Crippen LogP contribution in [0, 0.1) is 0 Å². The van der Waals surface area contributed by atoms with Crippen LogP contribution in [0.4, 0.5) is 4.79 Å². The van der Waals surface area contributed by atoms with E-state index in [0.29, 0.717) is 13.2 Å². The average molecular weight is 316 g/mol. The Bertz CT molecular complexity index is 475. The van der Waals surface area contributed by atoms with E-state index >= 15 is 0 Å². The van der Waals surface area contributed by atoms with Gasteiger partial charge in [-0.25, -0.2) is 4.79 Å². The Labute approximate surface area is 153 Å². The van der Waals surface area contributed by atoms with Crippen molar-refractivity contribution >= 4 is 35.7 Å². The predicted molar refractivity (Wildman–Crippen MR) is 84.6 cm³/mol. The Kier molecular flexibility index (Phi) is 7.35. The van der Waals surface area contributed by atoms with E-state index in [-0.39, 0.29) is 42.2 Å². The summed E-state index contributed by atoms with van der Waals surface area (Å²) in [5.41, 5.74) is 0.505. The minimum absolute atomic E-state index is 0. The van der Waals surface area contributed by atoms with Crippen molar-refractivity contribution in [2.45, 2.75) is 45.2 Å². The summed E-state index contributed by atoms with van der Waals surface area (Å²) in [5.74, 6) is 0. The first kappa shape index (κ1) is 19.5. The van der Waals surface area contributed by atoms with E-state index in [1.165, 1.54) is 4.90 Å². The van der Waals surface area contributed by atoms with Gasteiger partial charge >= 0.3 is 6.09 Å². The molecule has 1 aliphatic rings. The van der Waals surface area contributed by atoms with Gasteiger partial charge in [-0.3, -0.25) is 0 Å². The van der Waals surface area contributed by atoms with Crippen molar-refractivity contribution in [3.8, 4) is 0 Å². The van der Waals surface area contributed by atoms with Crippen molar-refractivity contribution in [3.63, 3.8) is 0 Å². The van der Waals surface area contributed by atoms with Gasteiger partial charge in [-0.05, 0) is 26.3 Å². The third kappa shape index (κ3) is 5.89. The number of aliphatic hydroxyl groups is 1. The Balaban J connectivity index is 0.00000242. The van der Waals surface area contributed by atoms with Gasteiger partial charge < -0.3 is 19.5 Å². The fourth-order valence-electron chi connectivity index (χ4n) is 2.17. The Hall–Kier alpha value is -0.590. The Morgan fingerprint density at radius 2 is 1.91 bits per heavy atom. The summed E-state index contributed by atoms with van der Waals surface area (Å²) in [6, 6.07) is 9.76.